The third-order valence-corrected chi connectivity index (χ3v) is 4.42. The van der Waals surface area contributed by atoms with Crippen molar-refractivity contribution in [3.63, 3.8) is 0 Å². The first kappa shape index (κ1) is 19.5. The van der Waals surface area contributed by atoms with Gasteiger partial charge in [-0.3, -0.25) is 0 Å². The van der Waals surface area contributed by atoms with Crippen LogP contribution in [0.15, 0.2) is 40.9 Å². The summed E-state index contributed by atoms with van der Waals surface area (Å²) < 4.78 is 25.2. The molecule has 2 N–H and O–H groups in total. The molecule has 0 saturated heterocycles. The van der Waals surface area contributed by atoms with E-state index < -0.39 is 0 Å². The van der Waals surface area contributed by atoms with Crippen molar-refractivity contribution in [3.05, 3.63) is 52.3 Å². The predicted molar refractivity (Wildman–Crippen MR) is 106 cm³/mol. The molecule has 2 aromatic rings. The number of hydrogen-bond acceptors (Lipinski definition) is 3. The summed E-state index contributed by atoms with van der Waals surface area (Å²) in [5.41, 5.74) is 1.32. The molecule has 2 rings (SSSR count). The van der Waals surface area contributed by atoms with Gasteiger partial charge in [-0.15, -0.1) is 0 Å². The lowest BCUT2D eigenvalue weighted by Gasteiger charge is -2.21. The Morgan fingerprint density at radius 3 is 2.48 bits per heavy atom. The molecular formula is C18H20BrFN2O2S. The van der Waals surface area contributed by atoms with Crippen molar-refractivity contribution in [2.75, 3.05) is 19.5 Å². The van der Waals surface area contributed by atoms with Crippen LogP contribution in [0.4, 0.5) is 10.1 Å². The van der Waals surface area contributed by atoms with E-state index in [0.29, 0.717) is 26.8 Å². The van der Waals surface area contributed by atoms with Gasteiger partial charge in [0.1, 0.15) is 5.82 Å². The number of methoxy groups -OCH3 is 2. The van der Waals surface area contributed by atoms with E-state index >= 15 is 0 Å². The van der Waals surface area contributed by atoms with Crippen LogP contribution in [0.1, 0.15) is 24.9 Å². The minimum atomic E-state index is -0.377. The maximum absolute atomic E-state index is 13.9. The summed E-state index contributed by atoms with van der Waals surface area (Å²) in [5.74, 6) is 0.939. The Labute approximate surface area is 160 Å². The maximum Gasteiger partial charge on any atom is 0.171 e. The first-order valence-electron chi connectivity index (χ1n) is 7.73. The summed E-state index contributed by atoms with van der Waals surface area (Å²) in [6.07, 6.45) is 0.792. The molecule has 2 aromatic carbocycles. The van der Waals surface area contributed by atoms with Crippen LogP contribution >= 0.6 is 28.1 Å². The van der Waals surface area contributed by atoms with Crippen LogP contribution in [0.5, 0.6) is 11.5 Å². The Morgan fingerprint density at radius 1 is 1.16 bits per heavy atom. The molecule has 0 aliphatic carbocycles. The quantitative estimate of drug-likeness (QED) is 0.633. The van der Waals surface area contributed by atoms with Gasteiger partial charge in [-0.1, -0.05) is 28.9 Å². The zero-order valence-corrected chi connectivity index (χ0v) is 16.6. The van der Waals surface area contributed by atoms with Crippen LogP contribution in [0.2, 0.25) is 0 Å². The molecule has 0 saturated carbocycles. The van der Waals surface area contributed by atoms with Crippen LogP contribution in [0, 0.1) is 5.82 Å². The summed E-state index contributed by atoms with van der Waals surface area (Å²) >= 11 is 8.56. The van der Waals surface area contributed by atoms with Crippen LogP contribution in [0.3, 0.4) is 0 Å². The second kappa shape index (κ2) is 9.01. The molecule has 134 valence electrons. The second-order valence-corrected chi connectivity index (χ2v) is 6.62. The lowest BCUT2D eigenvalue weighted by molar-refractivity contribution is 0.354. The van der Waals surface area contributed by atoms with E-state index in [1.807, 2.05) is 25.1 Å². The molecule has 1 atom stereocenters. The number of benzene rings is 2. The fourth-order valence-corrected chi connectivity index (χ4v) is 2.98. The maximum atomic E-state index is 13.9. The van der Waals surface area contributed by atoms with Gasteiger partial charge in [0.25, 0.3) is 0 Å². The average Bonchev–Trinajstić information content (AvgIpc) is 2.61. The largest absolute Gasteiger partial charge is 0.493 e. The highest BCUT2D eigenvalue weighted by Crippen LogP contribution is 2.31. The number of halogens is 2. The molecule has 0 spiro atoms. The topological polar surface area (TPSA) is 42.5 Å². The number of rotatable bonds is 6. The Balaban J connectivity index is 2.12. The van der Waals surface area contributed by atoms with Gasteiger partial charge in [0.15, 0.2) is 16.6 Å². The van der Waals surface area contributed by atoms with Gasteiger partial charge < -0.3 is 20.1 Å². The minimum Gasteiger partial charge on any atom is -0.493 e. The van der Waals surface area contributed by atoms with Crippen molar-refractivity contribution in [1.82, 2.24) is 5.32 Å². The first-order chi connectivity index (χ1) is 12.0. The number of nitrogens with one attached hydrogen (secondary N) is 2. The lowest BCUT2D eigenvalue weighted by atomic mass is 10.0. The van der Waals surface area contributed by atoms with Crippen molar-refractivity contribution in [2.24, 2.45) is 0 Å². The normalized spacial score (nSPS) is 11.6. The SMILES string of the molecule is CC[C@@H](NC(=S)Nc1ccc(Br)cc1F)c1ccc(OC)c(OC)c1. The first-order valence-corrected chi connectivity index (χ1v) is 8.93. The van der Waals surface area contributed by atoms with Gasteiger partial charge >= 0.3 is 0 Å². The number of ether oxygens (including phenoxy) is 2. The van der Waals surface area contributed by atoms with E-state index in [1.54, 1.807) is 26.4 Å². The zero-order chi connectivity index (χ0) is 18.4. The molecular weight excluding hydrogens is 407 g/mol. The van der Waals surface area contributed by atoms with Crippen molar-refractivity contribution < 1.29 is 13.9 Å². The Bertz CT molecular complexity index is 758. The van der Waals surface area contributed by atoms with Crippen LogP contribution in [-0.2, 0) is 0 Å². The lowest BCUT2D eigenvalue weighted by Crippen LogP contribution is -2.32. The van der Waals surface area contributed by atoms with Crippen LogP contribution < -0.4 is 20.1 Å². The molecule has 0 aliphatic rings. The highest BCUT2D eigenvalue weighted by molar-refractivity contribution is 9.10. The molecule has 25 heavy (non-hydrogen) atoms. The highest BCUT2D eigenvalue weighted by Gasteiger charge is 2.14. The van der Waals surface area contributed by atoms with Crippen molar-refractivity contribution in [2.45, 2.75) is 19.4 Å². The Kier molecular flexibility index (Phi) is 7.01. The van der Waals surface area contributed by atoms with E-state index in [-0.39, 0.29) is 11.9 Å². The average molecular weight is 427 g/mol. The number of hydrogen-bond donors (Lipinski definition) is 2. The molecule has 0 bridgehead atoms. The van der Waals surface area contributed by atoms with Gasteiger partial charge in [0.05, 0.1) is 25.9 Å². The number of thiocarbonyl (C=S) groups is 1. The van der Waals surface area contributed by atoms with Gasteiger partial charge in [-0.25, -0.2) is 4.39 Å². The summed E-state index contributed by atoms with van der Waals surface area (Å²) in [5, 5.41) is 6.45. The van der Waals surface area contributed by atoms with Crippen LogP contribution in [-0.4, -0.2) is 19.3 Å². The Hall–Kier alpha value is -1.86. The third kappa shape index (κ3) is 5.06. The van der Waals surface area contributed by atoms with Gasteiger partial charge in [-0.2, -0.15) is 0 Å². The molecule has 4 nitrogen and oxygen atoms in total. The van der Waals surface area contributed by atoms with E-state index in [2.05, 4.69) is 26.6 Å². The van der Waals surface area contributed by atoms with Crippen LogP contribution in [0.25, 0.3) is 0 Å². The van der Waals surface area contributed by atoms with Gasteiger partial charge in [-0.05, 0) is 54.5 Å². The summed E-state index contributed by atoms with van der Waals surface area (Å²) in [6, 6.07) is 10.4. The fraction of sp³-hybridized carbons (Fsp3) is 0.278. The van der Waals surface area contributed by atoms with Crippen molar-refractivity contribution in [3.8, 4) is 11.5 Å². The van der Waals surface area contributed by atoms with E-state index in [0.717, 1.165) is 12.0 Å². The van der Waals surface area contributed by atoms with E-state index in [4.69, 9.17) is 21.7 Å². The third-order valence-electron chi connectivity index (χ3n) is 3.70. The molecule has 0 heterocycles. The predicted octanol–water partition coefficient (Wildman–Crippen LogP) is 5.04. The summed E-state index contributed by atoms with van der Waals surface area (Å²) in [4.78, 5) is 0. The number of anilines is 1. The van der Waals surface area contributed by atoms with Gasteiger partial charge in [0.2, 0.25) is 0 Å². The second-order valence-electron chi connectivity index (χ2n) is 5.30. The Morgan fingerprint density at radius 2 is 1.88 bits per heavy atom. The fourth-order valence-electron chi connectivity index (χ4n) is 2.40. The minimum absolute atomic E-state index is 0.0432. The standard InChI is InChI=1S/C18H20BrFN2O2S/c1-4-14(11-5-8-16(23-2)17(9-11)24-3)21-18(25)22-15-7-6-12(19)10-13(15)20/h5-10,14H,4H2,1-3H3,(H2,21,22,25)/t14-/m1/s1. The highest BCUT2D eigenvalue weighted by atomic mass is 79.9. The smallest absolute Gasteiger partial charge is 0.171 e. The van der Waals surface area contributed by atoms with Crippen molar-refractivity contribution >= 4 is 38.9 Å². The molecule has 0 unspecified atom stereocenters. The molecule has 0 aliphatic heterocycles. The summed E-state index contributed by atoms with van der Waals surface area (Å²) in [7, 11) is 3.19. The molecule has 7 heteroatoms. The van der Waals surface area contributed by atoms with E-state index in [9.17, 15) is 4.39 Å². The molecule has 0 radical (unpaired) electrons. The molecule has 0 fully saturated rings. The molecule has 0 amide bonds. The van der Waals surface area contributed by atoms with Gasteiger partial charge in [0, 0.05) is 4.47 Å². The summed E-state index contributed by atoms with van der Waals surface area (Å²) in [6.45, 7) is 2.04. The molecule has 0 aromatic heterocycles. The zero-order valence-electron chi connectivity index (χ0n) is 14.2. The van der Waals surface area contributed by atoms with Crippen molar-refractivity contribution in [1.29, 1.82) is 0 Å². The van der Waals surface area contributed by atoms with E-state index in [1.165, 1.54) is 6.07 Å². The monoisotopic (exact) mass is 426 g/mol.